The SMILES string of the molecule is Cc1cc(-c2nc3ccccc3c(=O)n2-c2ccc(N(CS(C)(=O)=O)[SH](=O)=O)cc2)cc(C)c1OCCOS(C)(=O)=O. The van der Waals surface area contributed by atoms with Crippen LogP contribution in [0.4, 0.5) is 5.69 Å². The van der Waals surface area contributed by atoms with Gasteiger partial charge in [0.05, 0.1) is 28.5 Å². The lowest BCUT2D eigenvalue weighted by Crippen LogP contribution is -2.28. The van der Waals surface area contributed by atoms with E-state index >= 15 is 0 Å². The summed E-state index contributed by atoms with van der Waals surface area (Å²) >= 11 is 0. The van der Waals surface area contributed by atoms with Crippen LogP contribution in [0.1, 0.15) is 11.1 Å². The highest BCUT2D eigenvalue weighted by Gasteiger charge is 2.19. The normalized spacial score (nSPS) is 12.1. The van der Waals surface area contributed by atoms with E-state index in [1.807, 2.05) is 13.8 Å². The number of aryl methyl sites for hydroxylation is 2. The minimum Gasteiger partial charge on any atom is -0.491 e. The van der Waals surface area contributed by atoms with E-state index in [0.29, 0.717) is 44.9 Å². The first-order valence-electron chi connectivity index (χ1n) is 12.5. The van der Waals surface area contributed by atoms with Gasteiger partial charge in [0.15, 0.2) is 9.84 Å². The Balaban J connectivity index is 1.81. The number of aromatic nitrogens is 2. The number of rotatable bonds is 11. The minimum atomic E-state index is -3.65. The number of hydrogen-bond donors (Lipinski definition) is 1. The molecule has 0 aliphatic rings. The summed E-state index contributed by atoms with van der Waals surface area (Å²) in [7, 11) is -10.5. The molecule has 15 heteroatoms. The predicted molar refractivity (Wildman–Crippen MR) is 161 cm³/mol. The fourth-order valence-corrected chi connectivity index (χ4v) is 6.71. The molecule has 0 bridgehead atoms. The number of hydrogen-bond acceptors (Lipinski definition) is 10. The van der Waals surface area contributed by atoms with Crippen LogP contribution in [0.5, 0.6) is 5.75 Å². The summed E-state index contributed by atoms with van der Waals surface area (Å²) in [6.45, 7) is 3.47. The van der Waals surface area contributed by atoms with Gasteiger partial charge in [0, 0.05) is 11.8 Å². The molecule has 0 amide bonds. The average Bonchev–Trinajstić information content (AvgIpc) is 2.90. The Kier molecular flexibility index (Phi) is 9.06. The number of ether oxygens (including phenoxy) is 1. The van der Waals surface area contributed by atoms with Gasteiger partial charge in [0.2, 0.25) is 10.9 Å². The van der Waals surface area contributed by atoms with Crippen molar-refractivity contribution in [3.05, 3.63) is 82.1 Å². The van der Waals surface area contributed by atoms with Crippen molar-refractivity contribution in [1.82, 2.24) is 9.55 Å². The van der Waals surface area contributed by atoms with E-state index in [0.717, 1.165) is 16.8 Å². The Morgan fingerprint density at radius 1 is 0.905 bits per heavy atom. The number of benzene rings is 3. The van der Waals surface area contributed by atoms with Crippen molar-refractivity contribution in [3.63, 3.8) is 0 Å². The molecule has 0 saturated heterocycles. The van der Waals surface area contributed by atoms with Crippen LogP contribution in [0, 0.1) is 13.8 Å². The van der Waals surface area contributed by atoms with Crippen LogP contribution in [-0.4, -0.2) is 66.4 Å². The van der Waals surface area contributed by atoms with Gasteiger partial charge in [-0.05, 0) is 73.5 Å². The molecule has 1 aromatic heterocycles. The zero-order valence-corrected chi connectivity index (χ0v) is 25.7. The highest BCUT2D eigenvalue weighted by molar-refractivity contribution is 7.91. The molecule has 0 fully saturated rings. The summed E-state index contributed by atoms with van der Waals surface area (Å²) < 4.78 is 82.2. The van der Waals surface area contributed by atoms with E-state index in [-0.39, 0.29) is 24.5 Å². The van der Waals surface area contributed by atoms with Crippen molar-refractivity contribution in [1.29, 1.82) is 0 Å². The van der Waals surface area contributed by atoms with Gasteiger partial charge in [-0.25, -0.2) is 21.8 Å². The predicted octanol–water partition coefficient (Wildman–Crippen LogP) is 2.36. The van der Waals surface area contributed by atoms with Gasteiger partial charge in [0.25, 0.3) is 15.7 Å². The Labute approximate surface area is 245 Å². The standard InChI is InChI=1S/C27H29N3O9S3/c1-18-15-20(16-19(2)25(18)38-13-14-39-42(4,36)37)26-28-24-8-6-5-7-23(24)27(31)30(26)22-11-9-21(10-12-22)29(40(32)33)17-41(3,34)35/h5-12,15-16,40H,13-14,17H2,1-4H3. The lowest BCUT2D eigenvalue weighted by atomic mass is 10.0. The number of fused-ring (bicyclic) bond motifs is 1. The highest BCUT2D eigenvalue weighted by atomic mass is 32.2. The number of sulfone groups is 1. The number of nitrogens with zero attached hydrogens (tertiary/aromatic N) is 3. The van der Waals surface area contributed by atoms with Crippen molar-refractivity contribution in [2.24, 2.45) is 0 Å². The second kappa shape index (κ2) is 12.2. The van der Waals surface area contributed by atoms with Crippen LogP contribution in [0.2, 0.25) is 0 Å². The van der Waals surface area contributed by atoms with Gasteiger partial charge in [-0.1, -0.05) is 12.1 Å². The van der Waals surface area contributed by atoms with Gasteiger partial charge in [0.1, 0.15) is 30.7 Å². The molecule has 0 aliphatic carbocycles. The third-order valence-electron chi connectivity index (χ3n) is 6.08. The van der Waals surface area contributed by atoms with Crippen molar-refractivity contribution >= 4 is 47.4 Å². The summed E-state index contributed by atoms with van der Waals surface area (Å²) in [5, 5.41) is 0.367. The molecular weight excluding hydrogens is 607 g/mol. The quantitative estimate of drug-likeness (QED) is 0.147. The Morgan fingerprint density at radius 2 is 1.52 bits per heavy atom. The van der Waals surface area contributed by atoms with Gasteiger partial charge in [-0.15, -0.1) is 0 Å². The van der Waals surface area contributed by atoms with E-state index in [4.69, 9.17) is 13.9 Å². The number of para-hydroxylation sites is 1. The maximum Gasteiger partial charge on any atom is 0.266 e. The second-order valence-electron chi connectivity index (χ2n) is 9.62. The molecule has 0 unspecified atom stereocenters. The molecule has 0 spiro atoms. The van der Waals surface area contributed by atoms with Gasteiger partial charge < -0.3 is 4.74 Å². The topological polar surface area (TPSA) is 159 Å². The number of thiol groups is 1. The molecule has 4 aromatic rings. The Bertz CT molecular complexity index is 1970. The van der Waals surface area contributed by atoms with Gasteiger partial charge >= 0.3 is 0 Å². The zero-order chi connectivity index (χ0) is 30.8. The monoisotopic (exact) mass is 635 g/mol. The Morgan fingerprint density at radius 3 is 2.10 bits per heavy atom. The molecule has 0 saturated carbocycles. The first-order valence-corrected chi connectivity index (χ1v) is 17.5. The molecule has 0 atom stereocenters. The van der Waals surface area contributed by atoms with Crippen LogP contribution in [0.3, 0.4) is 0 Å². The first kappa shape index (κ1) is 31.2. The molecule has 12 nitrogen and oxygen atoms in total. The molecule has 3 aromatic carbocycles. The van der Waals surface area contributed by atoms with Crippen molar-refractivity contribution in [2.45, 2.75) is 13.8 Å². The lowest BCUT2D eigenvalue weighted by Gasteiger charge is -2.19. The second-order valence-corrected chi connectivity index (χ2v) is 14.3. The lowest BCUT2D eigenvalue weighted by molar-refractivity contribution is 0.220. The van der Waals surface area contributed by atoms with E-state index in [9.17, 15) is 30.0 Å². The van der Waals surface area contributed by atoms with Gasteiger partial charge in [-0.2, -0.15) is 8.42 Å². The molecular formula is C27H29N3O9S3. The third kappa shape index (κ3) is 7.34. The summed E-state index contributed by atoms with van der Waals surface area (Å²) in [4.78, 5) is 18.6. The molecule has 0 radical (unpaired) electrons. The molecule has 224 valence electrons. The van der Waals surface area contributed by atoms with Crippen LogP contribution in [-0.2, 0) is 35.0 Å². The van der Waals surface area contributed by atoms with Crippen molar-refractivity contribution in [2.75, 3.05) is 35.9 Å². The molecule has 0 N–H and O–H groups in total. The molecule has 42 heavy (non-hydrogen) atoms. The van der Waals surface area contributed by atoms with E-state index in [1.54, 1.807) is 36.4 Å². The number of anilines is 1. The summed E-state index contributed by atoms with van der Waals surface area (Å²) in [6.07, 6.45) is 1.89. The van der Waals surface area contributed by atoms with Crippen LogP contribution < -0.4 is 14.6 Å². The summed E-state index contributed by atoms with van der Waals surface area (Å²) in [5.74, 6) is 0.126. The van der Waals surface area contributed by atoms with E-state index in [2.05, 4.69) is 0 Å². The maximum atomic E-state index is 13.8. The van der Waals surface area contributed by atoms with Crippen molar-refractivity contribution < 1.29 is 34.2 Å². The van der Waals surface area contributed by atoms with Crippen molar-refractivity contribution in [3.8, 4) is 22.8 Å². The largest absolute Gasteiger partial charge is 0.491 e. The highest BCUT2D eigenvalue weighted by Crippen LogP contribution is 2.31. The zero-order valence-electron chi connectivity index (χ0n) is 23.2. The van der Waals surface area contributed by atoms with Crippen LogP contribution in [0.25, 0.3) is 28.0 Å². The van der Waals surface area contributed by atoms with Crippen LogP contribution in [0.15, 0.2) is 65.5 Å². The minimum absolute atomic E-state index is 0.00460. The molecule has 1 heterocycles. The fourth-order valence-electron chi connectivity index (χ4n) is 4.41. The Hall–Kier alpha value is -3.79. The fraction of sp³-hybridized carbons (Fsp3) is 0.259. The van der Waals surface area contributed by atoms with Gasteiger partial charge in [-0.3, -0.25) is 17.8 Å². The van der Waals surface area contributed by atoms with E-state index < -0.39 is 36.7 Å². The molecule has 4 rings (SSSR count). The molecule has 0 aliphatic heterocycles. The average molecular weight is 636 g/mol. The smallest absolute Gasteiger partial charge is 0.266 e. The van der Waals surface area contributed by atoms with E-state index in [1.165, 1.54) is 28.8 Å². The first-order chi connectivity index (χ1) is 19.6. The van der Waals surface area contributed by atoms with Crippen LogP contribution >= 0.6 is 0 Å². The summed E-state index contributed by atoms with van der Waals surface area (Å²) in [5.41, 5.74) is 2.63. The summed E-state index contributed by atoms with van der Waals surface area (Å²) in [6, 6.07) is 16.3. The maximum absolute atomic E-state index is 13.8. The third-order valence-corrected chi connectivity index (χ3v) is 8.36.